The molecule has 0 aromatic heterocycles. The summed E-state index contributed by atoms with van der Waals surface area (Å²) >= 11 is 5.18. The van der Waals surface area contributed by atoms with Gasteiger partial charge in [-0.3, -0.25) is 9.59 Å². The first-order valence-corrected chi connectivity index (χ1v) is 11.1. The summed E-state index contributed by atoms with van der Waals surface area (Å²) in [6.45, 7) is 6.45. The van der Waals surface area contributed by atoms with E-state index in [4.69, 9.17) is 17.0 Å². The fourth-order valence-electron chi connectivity index (χ4n) is 3.09. The second kappa shape index (κ2) is 13.4. The molecule has 31 heavy (non-hydrogen) atoms. The van der Waals surface area contributed by atoms with Gasteiger partial charge in [-0.25, -0.2) is 0 Å². The van der Waals surface area contributed by atoms with Gasteiger partial charge >= 0.3 is 5.97 Å². The number of esters is 1. The molecule has 0 heterocycles. The molecule has 0 aliphatic heterocycles. The fourth-order valence-corrected chi connectivity index (χ4v) is 3.32. The van der Waals surface area contributed by atoms with E-state index in [1.165, 1.54) is 5.56 Å². The maximum atomic E-state index is 12.0. The van der Waals surface area contributed by atoms with Crippen molar-refractivity contribution in [1.29, 1.82) is 0 Å². The number of hydrogen-bond donors (Lipinski definition) is 2. The number of carbonyl (C=O) groups excluding carboxylic acids is 2. The van der Waals surface area contributed by atoms with Crippen LogP contribution >= 0.6 is 12.2 Å². The van der Waals surface area contributed by atoms with E-state index in [1.807, 2.05) is 54.6 Å². The molecule has 0 radical (unpaired) electrons. The Labute approximate surface area is 190 Å². The SMILES string of the molecule is CCN(CC)c1ccc(NC(=S)NC(=O)CCC(=O)OCCCc2ccccc2)cc1. The summed E-state index contributed by atoms with van der Waals surface area (Å²) in [6, 6.07) is 17.9. The van der Waals surface area contributed by atoms with E-state index in [2.05, 4.69) is 29.4 Å². The van der Waals surface area contributed by atoms with Gasteiger partial charge in [0.25, 0.3) is 0 Å². The molecule has 2 rings (SSSR count). The number of benzene rings is 2. The molecule has 0 aliphatic carbocycles. The lowest BCUT2D eigenvalue weighted by molar-refractivity contribution is -0.145. The Morgan fingerprint density at radius 1 is 0.968 bits per heavy atom. The van der Waals surface area contributed by atoms with Gasteiger partial charge in [0, 0.05) is 30.9 Å². The summed E-state index contributed by atoms with van der Waals surface area (Å²) < 4.78 is 5.19. The number of amides is 1. The van der Waals surface area contributed by atoms with Gasteiger partial charge in [0.05, 0.1) is 13.0 Å². The molecule has 6 nitrogen and oxygen atoms in total. The molecule has 2 aromatic rings. The minimum absolute atomic E-state index is 0.0261. The van der Waals surface area contributed by atoms with Crippen molar-refractivity contribution in [3.63, 3.8) is 0 Å². The average Bonchev–Trinajstić information content (AvgIpc) is 2.78. The smallest absolute Gasteiger partial charge is 0.306 e. The highest BCUT2D eigenvalue weighted by Gasteiger charge is 2.10. The van der Waals surface area contributed by atoms with Gasteiger partial charge in [-0.15, -0.1) is 0 Å². The van der Waals surface area contributed by atoms with Gasteiger partial charge in [0.2, 0.25) is 5.91 Å². The van der Waals surface area contributed by atoms with Crippen LogP contribution in [0, 0.1) is 0 Å². The molecule has 0 atom stereocenters. The zero-order valence-corrected chi connectivity index (χ0v) is 19.0. The quantitative estimate of drug-likeness (QED) is 0.308. The third-order valence-corrected chi connectivity index (χ3v) is 4.98. The van der Waals surface area contributed by atoms with Crippen molar-refractivity contribution in [2.24, 2.45) is 0 Å². The third kappa shape index (κ3) is 9.17. The van der Waals surface area contributed by atoms with Gasteiger partial charge in [0.15, 0.2) is 5.11 Å². The summed E-state index contributed by atoms with van der Waals surface area (Å²) in [5.74, 6) is -0.701. The second-order valence-corrected chi connectivity index (χ2v) is 7.44. The molecule has 0 saturated heterocycles. The molecule has 0 aliphatic rings. The number of ether oxygens (including phenoxy) is 1. The van der Waals surface area contributed by atoms with E-state index in [0.29, 0.717) is 6.61 Å². The highest BCUT2D eigenvalue weighted by atomic mass is 32.1. The average molecular weight is 442 g/mol. The zero-order valence-electron chi connectivity index (χ0n) is 18.2. The zero-order chi connectivity index (χ0) is 22.5. The highest BCUT2D eigenvalue weighted by molar-refractivity contribution is 7.80. The van der Waals surface area contributed by atoms with Gasteiger partial charge in [0.1, 0.15) is 0 Å². The van der Waals surface area contributed by atoms with Gasteiger partial charge in [-0.1, -0.05) is 30.3 Å². The number of rotatable bonds is 11. The van der Waals surface area contributed by atoms with E-state index in [0.717, 1.165) is 37.3 Å². The van der Waals surface area contributed by atoms with Crippen LogP contribution < -0.4 is 15.5 Å². The molecule has 0 fully saturated rings. The molecular weight excluding hydrogens is 410 g/mol. The van der Waals surface area contributed by atoms with Crippen LogP contribution in [-0.4, -0.2) is 36.7 Å². The predicted octanol–water partition coefficient (Wildman–Crippen LogP) is 4.30. The van der Waals surface area contributed by atoms with Crippen molar-refractivity contribution in [2.75, 3.05) is 29.9 Å². The van der Waals surface area contributed by atoms with E-state index >= 15 is 0 Å². The predicted molar refractivity (Wildman–Crippen MR) is 129 cm³/mol. The lowest BCUT2D eigenvalue weighted by atomic mass is 10.1. The Bertz CT molecular complexity index is 837. The highest BCUT2D eigenvalue weighted by Crippen LogP contribution is 2.17. The van der Waals surface area contributed by atoms with Gasteiger partial charge in [-0.05, 0) is 68.7 Å². The van der Waals surface area contributed by atoms with Gasteiger partial charge in [-0.2, -0.15) is 0 Å². The molecule has 2 N–H and O–H groups in total. The largest absolute Gasteiger partial charge is 0.466 e. The number of aryl methyl sites for hydroxylation is 1. The number of hydrogen-bond acceptors (Lipinski definition) is 5. The van der Waals surface area contributed by atoms with Crippen molar-refractivity contribution >= 4 is 40.6 Å². The van der Waals surface area contributed by atoms with Crippen molar-refractivity contribution < 1.29 is 14.3 Å². The standard InChI is InChI=1S/C24H31N3O3S/c1-3-27(4-2)21-14-12-20(13-15-21)25-24(31)26-22(28)16-17-23(29)30-18-8-11-19-9-6-5-7-10-19/h5-7,9-10,12-15H,3-4,8,11,16-18H2,1-2H3,(H2,25,26,28,31). The van der Waals surface area contributed by atoms with E-state index in [-0.39, 0.29) is 29.8 Å². The van der Waals surface area contributed by atoms with Crippen LogP contribution in [0.4, 0.5) is 11.4 Å². The van der Waals surface area contributed by atoms with Crippen molar-refractivity contribution in [3.8, 4) is 0 Å². The Hall–Kier alpha value is -2.93. The van der Waals surface area contributed by atoms with Crippen LogP contribution in [0.2, 0.25) is 0 Å². The van der Waals surface area contributed by atoms with Crippen LogP contribution in [-0.2, 0) is 20.7 Å². The van der Waals surface area contributed by atoms with E-state index in [9.17, 15) is 9.59 Å². The van der Waals surface area contributed by atoms with Crippen LogP contribution in [0.1, 0.15) is 38.7 Å². The molecule has 0 bridgehead atoms. The first-order valence-electron chi connectivity index (χ1n) is 10.7. The fraction of sp³-hybridized carbons (Fsp3) is 0.375. The summed E-state index contributed by atoms with van der Waals surface area (Å²) in [5, 5.41) is 5.79. The Morgan fingerprint density at radius 2 is 1.65 bits per heavy atom. The lowest BCUT2D eigenvalue weighted by Crippen LogP contribution is -2.34. The summed E-state index contributed by atoms with van der Waals surface area (Å²) in [6.07, 6.45) is 1.66. The molecule has 0 spiro atoms. The molecular formula is C24H31N3O3S. The molecule has 166 valence electrons. The minimum Gasteiger partial charge on any atom is -0.466 e. The molecule has 7 heteroatoms. The van der Waals surface area contributed by atoms with Crippen LogP contribution in [0.3, 0.4) is 0 Å². The van der Waals surface area contributed by atoms with Crippen molar-refractivity contribution in [1.82, 2.24) is 5.32 Å². The Balaban J connectivity index is 1.62. The Morgan fingerprint density at radius 3 is 2.29 bits per heavy atom. The first kappa shape index (κ1) is 24.3. The number of carbonyl (C=O) groups is 2. The molecule has 1 amide bonds. The first-order chi connectivity index (χ1) is 15.0. The lowest BCUT2D eigenvalue weighted by Gasteiger charge is -2.21. The maximum absolute atomic E-state index is 12.0. The molecule has 2 aromatic carbocycles. The number of nitrogens with one attached hydrogen (secondary N) is 2. The van der Waals surface area contributed by atoms with E-state index in [1.54, 1.807) is 0 Å². The van der Waals surface area contributed by atoms with Crippen LogP contribution in [0.15, 0.2) is 54.6 Å². The summed E-state index contributed by atoms with van der Waals surface area (Å²) in [7, 11) is 0. The van der Waals surface area contributed by atoms with Crippen LogP contribution in [0.5, 0.6) is 0 Å². The third-order valence-electron chi connectivity index (χ3n) is 4.78. The number of nitrogens with zero attached hydrogens (tertiary/aromatic N) is 1. The Kier molecular flexibility index (Phi) is 10.5. The number of thiocarbonyl (C=S) groups is 1. The number of anilines is 2. The van der Waals surface area contributed by atoms with Crippen molar-refractivity contribution in [2.45, 2.75) is 39.5 Å². The summed E-state index contributed by atoms with van der Waals surface area (Å²) in [4.78, 5) is 26.1. The van der Waals surface area contributed by atoms with Crippen molar-refractivity contribution in [3.05, 3.63) is 60.2 Å². The van der Waals surface area contributed by atoms with Gasteiger partial charge < -0.3 is 20.3 Å². The van der Waals surface area contributed by atoms with E-state index < -0.39 is 0 Å². The second-order valence-electron chi connectivity index (χ2n) is 7.03. The molecule has 0 saturated carbocycles. The minimum atomic E-state index is -0.380. The van der Waals surface area contributed by atoms with Crippen LogP contribution in [0.25, 0.3) is 0 Å². The topological polar surface area (TPSA) is 70.7 Å². The normalized spacial score (nSPS) is 10.3. The maximum Gasteiger partial charge on any atom is 0.306 e. The summed E-state index contributed by atoms with van der Waals surface area (Å²) in [5.41, 5.74) is 3.13. The molecule has 0 unspecified atom stereocenters. The monoisotopic (exact) mass is 441 g/mol.